The average Bonchev–Trinajstić information content (AvgIpc) is 2.12. The predicted octanol–water partition coefficient (Wildman–Crippen LogP) is 2.46. The number of carbonyl (C=O) groups is 1. The van der Waals surface area contributed by atoms with Crippen molar-refractivity contribution < 1.29 is 4.79 Å². The van der Waals surface area contributed by atoms with E-state index in [1.165, 1.54) is 0 Å². The molecule has 0 bridgehead atoms. The van der Waals surface area contributed by atoms with E-state index in [4.69, 9.17) is 5.26 Å². The standard InChI is InChI=1S/C9H6Br2N2O/c10-7-3-6(4-8(11)5-7)9(14)13-2-1-12/h3-5H,2H2,(H,13,14). The second-order valence-electron chi connectivity index (χ2n) is 2.50. The SMILES string of the molecule is N#CCNC(=O)c1cc(Br)cc(Br)c1. The second kappa shape index (κ2) is 5.13. The molecule has 0 unspecified atom stereocenters. The zero-order valence-corrected chi connectivity index (χ0v) is 10.2. The van der Waals surface area contributed by atoms with Crippen molar-refractivity contribution in [3.63, 3.8) is 0 Å². The van der Waals surface area contributed by atoms with Crippen molar-refractivity contribution in [3.05, 3.63) is 32.7 Å². The van der Waals surface area contributed by atoms with Gasteiger partial charge in [0.1, 0.15) is 6.54 Å². The number of nitrogens with one attached hydrogen (secondary N) is 1. The van der Waals surface area contributed by atoms with Gasteiger partial charge in [0.15, 0.2) is 0 Å². The molecule has 0 fully saturated rings. The summed E-state index contributed by atoms with van der Waals surface area (Å²) in [6.45, 7) is 0.0168. The van der Waals surface area contributed by atoms with Crippen LogP contribution in [-0.4, -0.2) is 12.5 Å². The molecule has 0 heterocycles. The molecule has 0 aromatic heterocycles. The van der Waals surface area contributed by atoms with E-state index in [2.05, 4.69) is 37.2 Å². The van der Waals surface area contributed by atoms with E-state index in [9.17, 15) is 4.79 Å². The van der Waals surface area contributed by atoms with Gasteiger partial charge in [-0.1, -0.05) is 31.9 Å². The Morgan fingerprint density at radius 3 is 2.43 bits per heavy atom. The second-order valence-corrected chi connectivity index (χ2v) is 4.33. The quantitative estimate of drug-likeness (QED) is 0.852. The lowest BCUT2D eigenvalue weighted by Gasteiger charge is -2.02. The number of carbonyl (C=O) groups excluding carboxylic acids is 1. The van der Waals surface area contributed by atoms with Crippen LogP contribution < -0.4 is 5.32 Å². The molecule has 0 aliphatic rings. The van der Waals surface area contributed by atoms with Gasteiger partial charge in [0.25, 0.3) is 5.91 Å². The molecular weight excluding hydrogens is 312 g/mol. The third-order valence-corrected chi connectivity index (χ3v) is 2.37. The molecule has 1 N–H and O–H groups in total. The maximum atomic E-state index is 11.4. The van der Waals surface area contributed by atoms with Crippen molar-refractivity contribution in [2.75, 3.05) is 6.54 Å². The fourth-order valence-electron chi connectivity index (χ4n) is 0.907. The molecule has 72 valence electrons. The van der Waals surface area contributed by atoms with Crippen molar-refractivity contribution in [2.45, 2.75) is 0 Å². The first-order chi connectivity index (χ1) is 6.63. The number of nitrogens with zero attached hydrogens (tertiary/aromatic N) is 1. The minimum absolute atomic E-state index is 0.0168. The third-order valence-electron chi connectivity index (χ3n) is 1.45. The van der Waals surface area contributed by atoms with Gasteiger partial charge in [0.05, 0.1) is 6.07 Å². The topological polar surface area (TPSA) is 52.9 Å². The highest BCUT2D eigenvalue weighted by Crippen LogP contribution is 2.19. The van der Waals surface area contributed by atoms with Gasteiger partial charge in [-0.3, -0.25) is 4.79 Å². The van der Waals surface area contributed by atoms with Gasteiger partial charge in [-0.2, -0.15) is 5.26 Å². The highest BCUT2D eigenvalue weighted by atomic mass is 79.9. The van der Waals surface area contributed by atoms with Gasteiger partial charge in [0.2, 0.25) is 0 Å². The molecule has 0 atom stereocenters. The zero-order valence-electron chi connectivity index (χ0n) is 7.05. The van der Waals surface area contributed by atoms with E-state index < -0.39 is 0 Å². The highest BCUT2D eigenvalue weighted by Gasteiger charge is 2.06. The third kappa shape index (κ3) is 3.13. The normalized spacial score (nSPS) is 9.21. The Hall–Kier alpha value is -0.860. The van der Waals surface area contributed by atoms with E-state index in [0.29, 0.717) is 5.56 Å². The Labute approximate surface area is 98.4 Å². The van der Waals surface area contributed by atoms with Crippen molar-refractivity contribution in [2.24, 2.45) is 0 Å². The van der Waals surface area contributed by atoms with Crippen LogP contribution in [0.4, 0.5) is 0 Å². The van der Waals surface area contributed by atoms with Crippen LogP contribution in [0.3, 0.4) is 0 Å². The number of benzene rings is 1. The monoisotopic (exact) mass is 316 g/mol. The van der Waals surface area contributed by atoms with Crippen LogP contribution in [0.5, 0.6) is 0 Å². The van der Waals surface area contributed by atoms with Crippen LogP contribution in [-0.2, 0) is 0 Å². The average molecular weight is 318 g/mol. The van der Waals surface area contributed by atoms with Crippen molar-refractivity contribution in [1.29, 1.82) is 5.26 Å². The summed E-state index contributed by atoms with van der Waals surface area (Å²) in [7, 11) is 0. The fraction of sp³-hybridized carbons (Fsp3) is 0.111. The van der Waals surface area contributed by atoms with E-state index in [1.807, 2.05) is 12.1 Å². The number of hydrogen-bond donors (Lipinski definition) is 1. The lowest BCUT2D eigenvalue weighted by molar-refractivity contribution is 0.0958. The molecule has 1 aromatic rings. The molecular formula is C9H6Br2N2O. The number of rotatable bonds is 2. The maximum absolute atomic E-state index is 11.4. The van der Waals surface area contributed by atoms with Crippen LogP contribution in [0.1, 0.15) is 10.4 Å². The first-order valence-electron chi connectivity index (χ1n) is 3.74. The van der Waals surface area contributed by atoms with E-state index >= 15 is 0 Å². The molecule has 0 saturated carbocycles. The number of hydrogen-bond acceptors (Lipinski definition) is 2. The van der Waals surface area contributed by atoms with Gasteiger partial charge in [0, 0.05) is 14.5 Å². The first kappa shape index (κ1) is 11.2. The van der Waals surface area contributed by atoms with E-state index in [-0.39, 0.29) is 12.5 Å². The molecule has 0 radical (unpaired) electrons. The van der Waals surface area contributed by atoms with Crippen LogP contribution in [0.25, 0.3) is 0 Å². The molecule has 3 nitrogen and oxygen atoms in total. The van der Waals surface area contributed by atoms with Crippen molar-refractivity contribution >= 4 is 37.8 Å². The van der Waals surface area contributed by atoms with Crippen LogP contribution in [0.15, 0.2) is 27.1 Å². The molecule has 0 aliphatic heterocycles. The summed E-state index contributed by atoms with van der Waals surface area (Å²) < 4.78 is 1.63. The van der Waals surface area contributed by atoms with Crippen molar-refractivity contribution in [3.8, 4) is 6.07 Å². The summed E-state index contributed by atoms with van der Waals surface area (Å²) in [6.07, 6.45) is 0. The first-order valence-corrected chi connectivity index (χ1v) is 5.33. The van der Waals surface area contributed by atoms with Gasteiger partial charge in [-0.15, -0.1) is 0 Å². The summed E-state index contributed by atoms with van der Waals surface area (Å²) in [5, 5.41) is 10.7. The van der Waals surface area contributed by atoms with Gasteiger partial charge >= 0.3 is 0 Å². The Kier molecular flexibility index (Phi) is 4.11. The van der Waals surface area contributed by atoms with Gasteiger partial charge in [-0.25, -0.2) is 0 Å². The largest absolute Gasteiger partial charge is 0.339 e. The zero-order chi connectivity index (χ0) is 10.6. The van der Waals surface area contributed by atoms with Gasteiger partial charge < -0.3 is 5.32 Å². The van der Waals surface area contributed by atoms with E-state index in [0.717, 1.165) is 8.95 Å². The molecule has 1 rings (SSSR count). The molecule has 5 heteroatoms. The number of nitriles is 1. The Morgan fingerprint density at radius 1 is 1.36 bits per heavy atom. The summed E-state index contributed by atoms with van der Waals surface area (Å²) in [6, 6.07) is 7.06. The molecule has 0 spiro atoms. The number of halogens is 2. The van der Waals surface area contributed by atoms with Crippen LogP contribution in [0, 0.1) is 11.3 Å². The molecule has 0 aliphatic carbocycles. The minimum Gasteiger partial charge on any atom is -0.339 e. The molecule has 14 heavy (non-hydrogen) atoms. The Bertz CT molecular complexity index is 378. The molecule has 0 saturated heterocycles. The fourth-order valence-corrected chi connectivity index (χ4v) is 2.20. The number of amides is 1. The molecule has 1 amide bonds. The Morgan fingerprint density at radius 2 is 1.93 bits per heavy atom. The predicted molar refractivity (Wildman–Crippen MR) is 59.8 cm³/mol. The van der Waals surface area contributed by atoms with Gasteiger partial charge in [-0.05, 0) is 18.2 Å². The highest BCUT2D eigenvalue weighted by molar-refractivity contribution is 9.11. The van der Waals surface area contributed by atoms with E-state index in [1.54, 1.807) is 12.1 Å². The van der Waals surface area contributed by atoms with Crippen LogP contribution >= 0.6 is 31.9 Å². The molecule has 1 aromatic carbocycles. The Balaban J connectivity index is 2.85. The smallest absolute Gasteiger partial charge is 0.252 e. The lowest BCUT2D eigenvalue weighted by atomic mass is 10.2. The summed E-state index contributed by atoms with van der Waals surface area (Å²) in [5.74, 6) is -0.256. The summed E-state index contributed by atoms with van der Waals surface area (Å²) in [4.78, 5) is 11.4. The minimum atomic E-state index is -0.256. The summed E-state index contributed by atoms with van der Waals surface area (Å²) >= 11 is 6.55. The summed E-state index contributed by atoms with van der Waals surface area (Å²) in [5.41, 5.74) is 0.515. The maximum Gasteiger partial charge on any atom is 0.252 e. The van der Waals surface area contributed by atoms with Crippen molar-refractivity contribution in [1.82, 2.24) is 5.32 Å². The van der Waals surface area contributed by atoms with Crippen LogP contribution in [0.2, 0.25) is 0 Å². The lowest BCUT2D eigenvalue weighted by Crippen LogP contribution is -2.23.